The largest absolute Gasteiger partial charge is 0.490 e. The molecule has 0 saturated heterocycles. The molecule has 2 aromatic carbocycles. The SMILES string of the molecule is CCCCCCCCCCCCOc1ccc(C#Cc2ccc(C#Cc3ccc(OCCCCCCCCCCCC)c(OCCCCCCCCCCCC)c3)s2)cc1OCCCCCCCCCCCC. The molecule has 3 aromatic rings. The zero-order chi connectivity index (χ0) is 51.8. The molecule has 4 nitrogen and oxygen atoms in total. The maximum atomic E-state index is 6.43. The van der Waals surface area contributed by atoms with Crippen molar-refractivity contribution in [2.24, 2.45) is 0 Å². The lowest BCUT2D eigenvalue weighted by molar-refractivity contribution is 0.258. The van der Waals surface area contributed by atoms with E-state index in [1.54, 1.807) is 11.3 Å². The lowest BCUT2D eigenvalue weighted by Gasteiger charge is -2.13. The summed E-state index contributed by atoms with van der Waals surface area (Å²) in [5.74, 6) is 17.0. The Balaban J connectivity index is 1.58. The van der Waals surface area contributed by atoms with Gasteiger partial charge in [0.1, 0.15) is 0 Å². The lowest BCUT2D eigenvalue weighted by Crippen LogP contribution is -2.03. The van der Waals surface area contributed by atoms with Crippen LogP contribution in [-0.4, -0.2) is 26.4 Å². The van der Waals surface area contributed by atoms with Gasteiger partial charge < -0.3 is 18.9 Å². The van der Waals surface area contributed by atoms with Gasteiger partial charge in [0.15, 0.2) is 23.0 Å². The van der Waals surface area contributed by atoms with E-state index >= 15 is 0 Å². The Morgan fingerprint density at radius 3 is 0.753 bits per heavy atom. The highest BCUT2D eigenvalue weighted by Crippen LogP contribution is 2.31. The van der Waals surface area contributed by atoms with Gasteiger partial charge in [0.05, 0.1) is 36.2 Å². The van der Waals surface area contributed by atoms with Crippen LogP contribution in [-0.2, 0) is 0 Å². The van der Waals surface area contributed by atoms with Gasteiger partial charge in [0.25, 0.3) is 0 Å². The van der Waals surface area contributed by atoms with Crippen molar-refractivity contribution in [2.45, 2.75) is 285 Å². The molecule has 1 aromatic heterocycles. The van der Waals surface area contributed by atoms with Crippen LogP contribution in [0, 0.1) is 23.7 Å². The zero-order valence-corrected chi connectivity index (χ0v) is 48.6. The van der Waals surface area contributed by atoms with E-state index in [1.807, 2.05) is 0 Å². The van der Waals surface area contributed by atoms with Gasteiger partial charge in [-0.2, -0.15) is 0 Å². The summed E-state index contributed by atoms with van der Waals surface area (Å²) in [6, 6.07) is 16.6. The summed E-state index contributed by atoms with van der Waals surface area (Å²) < 4.78 is 25.6. The lowest BCUT2D eigenvalue weighted by atomic mass is 10.1. The van der Waals surface area contributed by atoms with Crippen molar-refractivity contribution in [1.82, 2.24) is 0 Å². The van der Waals surface area contributed by atoms with Gasteiger partial charge in [-0.05, 0) is 74.2 Å². The molecule has 0 saturated carbocycles. The van der Waals surface area contributed by atoms with E-state index in [2.05, 4.69) is 99.9 Å². The van der Waals surface area contributed by atoms with Gasteiger partial charge in [-0.3, -0.25) is 0 Å². The van der Waals surface area contributed by atoms with Crippen LogP contribution in [0.25, 0.3) is 0 Å². The third-order valence-corrected chi connectivity index (χ3v) is 15.1. The molecule has 410 valence electrons. The molecule has 1 heterocycles. The smallest absolute Gasteiger partial charge is 0.162 e. The first-order valence-electron chi connectivity index (χ1n) is 31.1. The van der Waals surface area contributed by atoms with Crippen molar-refractivity contribution in [2.75, 3.05) is 26.4 Å². The average molecular weight is 1020 g/mol. The van der Waals surface area contributed by atoms with Gasteiger partial charge in [0.2, 0.25) is 0 Å². The minimum atomic E-state index is 0.705. The predicted octanol–water partition coefficient (Wildman–Crippen LogP) is 21.7. The third-order valence-electron chi connectivity index (χ3n) is 14.2. The highest BCUT2D eigenvalue weighted by Gasteiger charge is 2.10. The van der Waals surface area contributed by atoms with Gasteiger partial charge in [0, 0.05) is 11.1 Å². The van der Waals surface area contributed by atoms with E-state index in [1.165, 1.54) is 231 Å². The van der Waals surface area contributed by atoms with E-state index in [0.29, 0.717) is 13.2 Å². The van der Waals surface area contributed by atoms with Crippen LogP contribution in [0.4, 0.5) is 0 Å². The second kappa shape index (κ2) is 47.0. The summed E-state index contributed by atoms with van der Waals surface area (Å²) in [4.78, 5) is 1.99. The minimum absolute atomic E-state index is 0.705. The first kappa shape index (κ1) is 63.8. The Labute approximate surface area is 455 Å². The van der Waals surface area contributed by atoms with Crippen LogP contribution in [0.15, 0.2) is 48.5 Å². The van der Waals surface area contributed by atoms with Crippen molar-refractivity contribution in [3.8, 4) is 46.7 Å². The van der Waals surface area contributed by atoms with E-state index < -0.39 is 0 Å². The highest BCUT2D eigenvalue weighted by molar-refractivity contribution is 7.13. The summed E-state index contributed by atoms with van der Waals surface area (Å²) >= 11 is 1.64. The normalized spacial score (nSPS) is 11.0. The zero-order valence-electron chi connectivity index (χ0n) is 47.8. The Bertz CT molecular complexity index is 1720. The Morgan fingerprint density at radius 1 is 0.260 bits per heavy atom. The quantitative estimate of drug-likeness (QED) is 0.0417. The molecule has 0 N–H and O–H groups in total. The molecule has 0 radical (unpaired) electrons. The fourth-order valence-corrected chi connectivity index (χ4v) is 10.2. The number of ether oxygens (including phenoxy) is 4. The fraction of sp³-hybridized carbons (Fsp3) is 0.706. The van der Waals surface area contributed by atoms with Crippen molar-refractivity contribution < 1.29 is 18.9 Å². The molecule has 5 heteroatoms. The molecule has 0 aliphatic heterocycles. The van der Waals surface area contributed by atoms with Crippen LogP contribution in [0.5, 0.6) is 23.0 Å². The van der Waals surface area contributed by atoms with Crippen LogP contribution in [0.1, 0.15) is 305 Å². The molecular weight excluding hydrogens is 913 g/mol. The first-order chi connectivity index (χ1) is 36.2. The standard InChI is InChI=1S/C68H108O4S/c1-5-9-13-17-21-25-29-33-37-41-55-69-65-53-47-61(59-67(65)71-57-43-39-35-31-27-23-19-15-11-7-3)45-49-63-51-52-64(73-63)50-46-62-48-54-66(70-56-42-38-34-30-26-22-18-14-10-6-2)68(60-62)72-58-44-40-36-32-28-24-20-16-12-8-4/h47-48,51-54,59-60H,5-44,55-58H2,1-4H3. The van der Waals surface area contributed by atoms with Gasteiger partial charge in [-0.15, -0.1) is 11.3 Å². The van der Waals surface area contributed by atoms with Crippen LogP contribution in [0.3, 0.4) is 0 Å². The van der Waals surface area contributed by atoms with Crippen molar-refractivity contribution >= 4 is 11.3 Å². The van der Waals surface area contributed by atoms with E-state index in [-0.39, 0.29) is 0 Å². The molecule has 0 fully saturated rings. The Hall–Kier alpha value is -3.54. The molecule has 0 spiro atoms. The molecule has 0 bridgehead atoms. The molecule has 3 rings (SSSR count). The summed E-state index contributed by atoms with van der Waals surface area (Å²) in [6.07, 6.45) is 52.5. The van der Waals surface area contributed by atoms with Crippen molar-refractivity contribution in [3.05, 3.63) is 69.4 Å². The number of rotatable bonds is 48. The summed E-state index contributed by atoms with van der Waals surface area (Å²) in [5.41, 5.74) is 1.87. The van der Waals surface area contributed by atoms with Crippen LogP contribution >= 0.6 is 11.3 Å². The van der Waals surface area contributed by atoms with E-state index in [4.69, 9.17) is 18.9 Å². The molecule has 0 amide bonds. The third kappa shape index (κ3) is 34.6. The second-order valence-electron chi connectivity index (χ2n) is 21.1. The summed E-state index contributed by atoms with van der Waals surface area (Å²) in [5, 5.41) is 0. The predicted molar refractivity (Wildman–Crippen MR) is 319 cm³/mol. The summed E-state index contributed by atoms with van der Waals surface area (Å²) in [7, 11) is 0. The minimum Gasteiger partial charge on any atom is -0.490 e. The summed E-state index contributed by atoms with van der Waals surface area (Å²) in [6.45, 7) is 12.0. The van der Waals surface area contributed by atoms with Gasteiger partial charge in [-0.1, -0.05) is 283 Å². The van der Waals surface area contributed by atoms with Gasteiger partial charge in [-0.25, -0.2) is 0 Å². The van der Waals surface area contributed by atoms with Gasteiger partial charge >= 0.3 is 0 Å². The van der Waals surface area contributed by atoms with Crippen molar-refractivity contribution in [3.63, 3.8) is 0 Å². The number of thiophene rings is 1. The molecule has 0 atom stereocenters. The topological polar surface area (TPSA) is 36.9 Å². The molecule has 0 aliphatic rings. The Kier molecular flexibility index (Phi) is 41.0. The van der Waals surface area contributed by atoms with Crippen LogP contribution < -0.4 is 18.9 Å². The molecule has 0 aliphatic carbocycles. The number of unbranched alkanes of at least 4 members (excludes halogenated alkanes) is 36. The van der Waals surface area contributed by atoms with Crippen LogP contribution in [0.2, 0.25) is 0 Å². The van der Waals surface area contributed by atoms with Crippen molar-refractivity contribution in [1.29, 1.82) is 0 Å². The number of hydrogen-bond acceptors (Lipinski definition) is 5. The number of hydrogen-bond donors (Lipinski definition) is 0. The van der Waals surface area contributed by atoms with E-state index in [0.717, 1.165) is 82.8 Å². The molecule has 0 unspecified atom stereocenters. The fourth-order valence-electron chi connectivity index (χ4n) is 9.46. The number of benzene rings is 2. The maximum Gasteiger partial charge on any atom is 0.162 e. The average Bonchev–Trinajstić information content (AvgIpc) is 3.87. The monoisotopic (exact) mass is 1020 g/mol. The highest BCUT2D eigenvalue weighted by atomic mass is 32.1. The molecular formula is C68H108O4S. The van der Waals surface area contributed by atoms with E-state index in [9.17, 15) is 0 Å². The first-order valence-corrected chi connectivity index (χ1v) is 31.9. The Morgan fingerprint density at radius 2 is 0.493 bits per heavy atom. The molecule has 73 heavy (non-hydrogen) atoms. The maximum absolute atomic E-state index is 6.43. The second-order valence-corrected chi connectivity index (χ2v) is 22.2.